The standard InChI is InChI=1S/C15H17ClN2OS/c1-17-8-6-14(19)18-15(12-7-9-20-10-12)11-2-4-13(16)5-3-11/h2-5,7,9-10,15,17H,6,8H2,1H3,(H,18,19). The number of hydrogen-bond donors (Lipinski definition) is 2. The van der Waals surface area contributed by atoms with Gasteiger partial charge in [0.2, 0.25) is 5.91 Å². The Morgan fingerprint density at radius 3 is 2.60 bits per heavy atom. The molecule has 3 nitrogen and oxygen atoms in total. The molecule has 0 bridgehead atoms. The number of thiophene rings is 1. The molecule has 1 aromatic heterocycles. The minimum absolute atomic E-state index is 0.0329. The molecule has 0 aliphatic heterocycles. The molecule has 2 aromatic rings. The van der Waals surface area contributed by atoms with Crippen LogP contribution in [-0.4, -0.2) is 19.5 Å². The third-order valence-electron chi connectivity index (χ3n) is 2.99. The number of rotatable bonds is 6. The largest absolute Gasteiger partial charge is 0.345 e. The van der Waals surface area contributed by atoms with Crippen molar-refractivity contribution in [1.82, 2.24) is 10.6 Å². The van der Waals surface area contributed by atoms with Gasteiger partial charge in [0, 0.05) is 18.0 Å². The van der Waals surface area contributed by atoms with E-state index in [9.17, 15) is 4.79 Å². The van der Waals surface area contributed by atoms with Crippen molar-refractivity contribution >= 4 is 28.8 Å². The van der Waals surface area contributed by atoms with Gasteiger partial charge in [0.15, 0.2) is 0 Å². The monoisotopic (exact) mass is 308 g/mol. The van der Waals surface area contributed by atoms with E-state index < -0.39 is 0 Å². The smallest absolute Gasteiger partial charge is 0.222 e. The number of halogens is 1. The van der Waals surface area contributed by atoms with E-state index in [2.05, 4.69) is 16.0 Å². The lowest BCUT2D eigenvalue weighted by molar-refractivity contribution is -0.121. The summed E-state index contributed by atoms with van der Waals surface area (Å²) in [6.45, 7) is 0.669. The Labute approximate surface area is 128 Å². The third kappa shape index (κ3) is 4.07. The summed E-state index contributed by atoms with van der Waals surface area (Å²) >= 11 is 7.54. The molecule has 106 valence electrons. The molecular formula is C15H17ClN2OS. The van der Waals surface area contributed by atoms with Gasteiger partial charge in [0.1, 0.15) is 0 Å². The summed E-state index contributed by atoms with van der Waals surface area (Å²) in [6, 6.07) is 9.49. The van der Waals surface area contributed by atoms with Gasteiger partial charge in [-0.25, -0.2) is 0 Å². The minimum Gasteiger partial charge on any atom is -0.345 e. The highest BCUT2D eigenvalue weighted by Gasteiger charge is 2.16. The van der Waals surface area contributed by atoms with Crippen LogP contribution in [0.3, 0.4) is 0 Å². The van der Waals surface area contributed by atoms with Gasteiger partial charge in [-0.15, -0.1) is 0 Å². The summed E-state index contributed by atoms with van der Waals surface area (Å²) in [6.07, 6.45) is 0.463. The number of benzene rings is 1. The van der Waals surface area contributed by atoms with Crippen LogP contribution in [0, 0.1) is 0 Å². The first-order valence-electron chi connectivity index (χ1n) is 6.42. The van der Waals surface area contributed by atoms with Crippen LogP contribution in [0.25, 0.3) is 0 Å². The quantitative estimate of drug-likeness (QED) is 0.860. The van der Waals surface area contributed by atoms with Gasteiger partial charge >= 0.3 is 0 Å². The van der Waals surface area contributed by atoms with Crippen molar-refractivity contribution in [3.8, 4) is 0 Å². The Morgan fingerprint density at radius 1 is 1.25 bits per heavy atom. The van der Waals surface area contributed by atoms with E-state index in [1.807, 2.05) is 42.8 Å². The summed E-state index contributed by atoms with van der Waals surface area (Å²) in [5.74, 6) is 0.0329. The maximum atomic E-state index is 12.0. The van der Waals surface area contributed by atoms with Crippen molar-refractivity contribution in [2.75, 3.05) is 13.6 Å². The molecule has 0 aliphatic carbocycles. The van der Waals surface area contributed by atoms with Crippen LogP contribution in [0.1, 0.15) is 23.6 Å². The molecule has 2 N–H and O–H groups in total. The predicted octanol–water partition coefficient (Wildman–Crippen LogP) is 3.22. The van der Waals surface area contributed by atoms with Crippen molar-refractivity contribution in [3.63, 3.8) is 0 Å². The van der Waals surface area contributed by atoms with Crippen molar-refractivity contribution in [2.24, 2.45) is 0 Å². The van der Waals surface area contributed by atoms with E-state index in [0.29, 0.717) is 18.0 Å². The summed E-state index contributed by atoms with van der Waals surface area (Å²) < 4.78 is 0. The second kappa shape index (κ2) is 7.43. The van der Waals surface area contributed by atoms with Gasteiger partial charge in [0.25, 0.3) is 0 Å². The fraction of sp³-hybridized carbons (Fsp3) is 0.267. The second-order valence-corrected chi connectivity index (χ2v) is 5.68. The molecule has 1 heterocycles. The van der Waals surface area contributed by atoms with Gasteiger partial charge in [-0.2, -0.15) is 11.3 Å². The molecule has 0 saturated carbocycles. The Morgan fingerprint density at radius 2 is 2.00 bits per heavy atom. The number of hydrogen-bond acceptors (Lipinski definition) is 3. The fourth-order valence-corrected chi connectivity index (χ4v) is 2.74. The maximum Gasteiger partial charge on any atom is 0.222 e. The molecule has 1 aromatic carbocycles. The molecule has 1 unspecified atom stereocenters. The van der Waals surface area contributed by atoms with E-state index in [1.54, 1.807) is 11.3 Å². The number of carbonyl (C=O) groups is 1. The summed E-state index contributed by atoms with van der Waals surface area (Å²) in [7, 11) is 1.84. The Kier molecular flexibility index (Phi) is 5.59. The van der Waals surface area contributed by atoms with E-state index >= 15 is 0 Å². The summed E-state index contributed by atoms with van der Waals surface area (Å²) in [5.41, 5.74) is 2.13. The normalized spacial score (nSPS) is 12.1. The van der Waals surface area contributed by atoms with Crippen LogP contribution in [0.4, 0.5) is 0 Å². The van der Waals surface area contributed by atoms with Crippen molar-refractivity contribution in [1.29, 1.82) is 0 Å². The van der Waals surface area contributed by atoms with Gasteiger partial charge in [-0.1, -0.05) is 23.7 Å². The highest BCUT2D eigenvalue weighted by molar-refractivity contribution is 7.08. The second-order valence-electron chi connectivity index (χ2n) is 4.46. The topological polar surface area (TPSA) is 41.1 Å². The highest BCUT2D eigenvalue weighted by atomic mass is 35.5. The molecule has 1 atom stereocenters. The van der Waals surface area contributed by atoms with Gasteiger partial charge in [0.05, 0.1) is 6.04 Å². The SMILES string of the molecule is CNCCC(=O)NC(c1ccc(Cl)cc1)c1ccsc1. The van der Waals surface area contributed by atoms with Gasteiger partial charge in [-0.3, -0.25) is 4.79 Å². The molecule has 5 heteroatoms. The molecule has 0 saturated heterocycles. The van der Waals surface area contributed by atoms with E-state index in [4.69, 9.17) is 11.6 Å². The Balaban J connectivity index is 2.17. The molecule has 0 spiro atoms. The molecule has 1 amide bonds. The molecule has 20 heavy (non-hydrogen) atoms. The maximum absolute atomic E-state index is 12.0. The van der Waals surface area contributed by atoms with Crippen LogP contribution in [-0.2, 0) is 4.79 Å². The average molecular weight is 309 g/mol. The third-order valence-corrected chi connectivity index (χ3v) is 3.94. The van der Waals surface area contributed by atoms with Crippen LogP contribution >= 0.6 is 22.9 Å². The highest BCUT2D eigenvalue weighted by Crippen LogP contribution is 2.25. The van der Waals surface area contributed by atoms with Crippen LogP contribution in [0.15, 0.2) is 41.1 Å². The first-order valence-corrected chi connectivity index (χ1v) is 7.74. The molecule has 0 aliphatic rings. The minimum atomic E-state index is -0.122. The van der Waals surface area contributed by atoms with Gasteiger partial charge < -0.3 is 10.6 Å². The lowest BCUT2D eigenvalue weighted by Crippen LogP contribution is -2.31. The molecule has 2 rings (SSSR count). The van der Waals surface area contributed by atoms with E-state index in [0.717, 1.165) is 11.1 Å². The first kappa shape index (κ1) is 15.0. The van der Waals surface area contributed by atoms with Crippen molar-refractivity contribution in [3.05, 3.63) is 57.2 Å². The molecule has 0 fully saturated rings. The van der Waals surface area contributed by atoms with Crippen molar-refractivity contribution in [2.45, 2.75) is 12.5 Å². The molecule has 0 radical (unpaired) electrons. The van der Waals surface area contributed by atoms with Crippen molar-refractivity contribution < 1.29 is 4.79 Å². The van der Waals surface area contributed by atoms with E-state index in [1.165, 1.54) is 0 Å². The zero-order chi connectivity index (χ0) is 14.4. The number of nitrogens with one attached hydrogen (secondary N) is 2. The predicted molar refractivity (Wildman–Crippen MR) is 84.3 cm³/mol. The lowest BCUT2D eigenvalue weighted by Gasteiger charge is -2.18. The summed E-state index contributed by atoms with van der Waals surface area (Å²) in [5, 5.41) is 10.8. The number of amides is 1. The fourth-order valence-electron chi connectivity index (χ4n) is 1.93. The van der Waals surface area contributed by atoms with Gasteiger partial charge in [-0.05, 0) is 47.1 Å². The van der Waals surface area contributed by atoms with Crippen LogP contribution in [0.5, 0.6) is 0 Å². The lowest BCUT2D eigenvalue weighted by atomic mass is 10.0. The Hall–Kier alpha value is -1.36. The average Bonchev–Trinajstić information content (AvgIpc) is 2.97. The van der Waals surface area contributed by atoms with E-state index in [-0.39, 0.29) is 11.9 Å². The zero-order valence-corrected chi connectivity index (χ0v) is 12.8. The molecular weight excluding hydrogens is 292 g/mol. The van der Waals surface area contributed by atoms with Crippen LogP contribution in [0.2, 0.25) is 5.02 Å². The zero-order valence-electron chi connectivity index (χ0n) is 11.2. The number of carbonyl (C=O) groups excluding carboxylic acids is 1. The summed E-state index contributed by atoms with van der Waals surface area (Å²) in [4.78, 5) is 12.0. The van der Waals surface area contributed by atoms with Crippen LogP contribution < -0.4 is 10.6 Å². The first-order chi connectivity index (χ1) is 9.70. The Bertz CT molecular complexity index is 540.